The van der Waals surface area contributed by atoms with Crippen LogP contribution < -0.4 is 0 Å². The number of ether oxygens (including phenoxy) is 12. The van der Waals surface area contributed by atoms with Gasteiger partial charge in [-0.2, -0.15) is 0 Å². The van der Waals surface area contributed by atoms with Gasteiger partial charge in [-0.1, -0.05) is 65.2 Å². The van der Waals surface area contributed by atoms with Crippen LogP contribution in [0.25, 0.3) is 0 Å². The summed E-state index contributed by atoms with van der Waals surface area (Å²) in [7, 11) is 0. The molecule has 0 saturated heterocycles. The zero-order valence-corrected chi connectivity index (χ0v) is 45.0. The highest BCUT2D eigenvalue weighted by Crippen LogP contribution is 2.32. The Morgan fingerprint density at radius 2 is 0.620 bits per heavy atom. The highest BCUT2D eigenvalue weighted by Gasteiger charge is 2.38. The van der Waals surface area contributed by atoms with Gasteiger partial charge in [-0.3, -0.25) is 9.59 Å². The molecule has 0 radical (unpaired) electrons. The van der Waals surface area contributed by atoms with E-state index in [1.165, 1.54) is 0 Å². The topological polar surface area (TPSA) is 369 Å². The Morgan fingerprint density at radius 1 is 0.367 bits per heavy atom. The summed E-state index contributed by atoms with van der Waals surface area (Å²) in [5, 5.41) is 57.5. The minimum absolute atomic E-state index is 0.0301. The average molecular weight is 1140 g/mol. The smallest absolute Gasteiger partial charge is 0.330 e. The molecule has 1 aliphatic carbocycles. The summed E-state index contributed by atoms with van der Waals surface area (Å²) in [4.78, 5) is 89.9. The van der Waals surface area contributed by atoms with Crippen molar-refractivity contribution in [3.05, 3.63) is 75.9 Å². The second-order valence-corrected chi connectivity index (χ2v) is 16.9. The number of hydrogen-bond acceptors (Lipinski definition) is 26. The molecule has 6 N–H and O–H groups in total. The monoisotopic (exact) mass is 1130 g/mol. The van der Waals surface area contributed by atoms with Crippen LogP contribution >= 0.6 is 0 Å². The third kappa shape index (κ3) is 44.4. The largest absolute Gasteiger partial charge is 0.463 e. The Kier molecular flexibility index (Phi) is 46.3. The molecule has 0 amide bonds. The minimum Gasteiger partial charge on any atom is -0.463 e. The molecule has 0 heterocycles. The molecule has 9 atom stereocenters. The Morgan fingerprint density at radius 3 is 0.911 bits per heavy atom. The first kappa shape index (κ1) is 74.9. The van der Waals surface area contributed by atoms with Gasteiger partial charge in [0.2, 0.25) is 0 Å². The van der Waals surface area contributed by atoms with Gasteiger partial charge in [0.1, 0.15) is 89.5 Å². The molecule has 26 heteroatoms. The van der Waals surface area contributed by atoms with Crippen molar-refractivity contribution in [2.24, 2.45) is 11.8 Å². The highest BCUT2D eigenvalue weighted by atomic mass is 16.6. The number of unbranched alkanes of at least 4 members (excludes halogenated alkanes) is 3. The minimum atomic E-state index is -1.21. The zero-order valence-electron chi connectivity index (χ0n) is 45.0. The average Bonchev–Trinajstić information content (AvgIpc) is 3.45. The number of hydrogen-bond donors (Lipinski definition) is 6. The number of aliphatic hydroxyl groups is 6. The molecule has 1 saturated carbocycles. The Labute approximate surface area is 460 Å². The first-order chi connectivity index (χ1) is 37.7. The summed E-state index contributed by atoms with van der Waals surface area (Å²) < 4.78 is 59.2. The maximum atomic E-state index is 12.4. The summed E-state index contributed by atoms with van der Waals surface area (Å²) in [6.07, 6.45) is 5.49. The van der Waals surface area contributed by atoms with Gasteiger partial charge in [-0.15, -0.1) is 0 Å². The Balaban J connectivity index is 0. The molecular formula is C53H82O26. The normalized spacial score (nSPS) is 16.1. The van der Waals surface area contributed by atoms with Gasteiger partial charge in [0.15, 0.2) is 0 Å². The van der Waals surface area contributed by atoms with Crippen LogP contribution in [0, 0.1) is 11.8 Å². The van der Waals surface area contributed by atoms with Crippen LogP contribution in [-0.2, 0) is 95.2 Å². The van der Waals surface area contributed by atoms with E-state index in [2.05, 4.69) is 67.9 Å². The number of rotatable bonds is 42. The van der Waals surface area contributed by atoms with E-state index in [0.717, 1.165) is 75.0 Å². The molecule has 0 bridgehead atoms. The lowest BCUT2D eigenvalue weighted by molar-refractivity contribution is -0.167. The fourth-order valence-electron chi connectivity index (χ4n) is 5.87. The molecule has 1 rings (SSSR count). The van der Waals surface area contributed by atoms with Gasteiger partial charge in [-0.05, 0) is 32.6 Å². The molecule has 9 unspecified atom stereocenters. The predicted octanol–water partition coefficient (Wildman–Crippen LogP) is 0.408. The molecule has 450 valence electrons. The summed E-state index contributed by atoms with van der Waals surface area (Å²) in [5.41, 5.74) is 0. The van der Waals surface area contributed by atoms with Crippen LogP contribution in [0.2, 0.25) is 0 Å². The van der Waals surface area contributed by atoms with E-state index in [-0.39, 0.29) is 78.8 Å². The summed E-state index contributed by atoms with van der Waals surface area (Å²) >= 11 is 0. The van der Waals surface area contributed by atoms with Crippen LogP contribution in [0.3, 0.4) is 0 Å². The third-order valence-corrected chi connectivity index (χ3v) is 9.90. The fourth-order valence-corrected chi connectivity index (χ4v) is 5.87. The van der Waals surface area contributed by atoms with Crippen molar-refractivity contribution in [1.82, 2.24) is 0 Å². The van der Waals surface area contributed by atoms with Crippen molar-refractivity contribution in [2.75, 3.05) is 99.1 Å². The van der Waals surface area contributed by atoms with Gasteiger partial charge in [0.25, 0.3) is 0 Å². The van der Waals surface area contributed by atoms with Crippen molar-refractivity contribution in [1.29, 1.82) is 0 Å². The van der Waals surface area contributed by atoms with Gasteiger partial charge in [0.05, 0.1) is 51.0 Å². The summed E-state index contributed by atoms with van der Waals surface area (Å²) in [5.74, 6) is -6.62. The van der Waals surface area contributed by atoms with E-state index in [9.17, 15) is 69.0 Å². The fraction of sp³-hybridized carbons (Fsp3) is 0.623. The highest BCUT2D eigenvalue weighted by molar-refractivity contribution is 5.84. The van der Waals surface area contributed by atoms with Gasteiger partial charge >= 0.3 is 47.8 Å². The maximum absolute atomic E-state index is 12.4. The molecule has 0 aromatic rings. The quantitative estimate of drug-likeness (QED) is 0.0209. The van der Waals surface area contributed by atoms with Crippen LogP contribution in [0.4, 0.5) is 0 Å². The van der Waals surface area contributed by atoms with Crippen LogP contribution in [0.5, 0.6) is 0 Å². The lowest BCUT2D eigenvalue weighted by Gasteiger charge is -2.28. The number of carbonyl (C=O) groups excluding carboxylic acids is 8. The van der Waals surface area contributed by atoms with Crippen molar-refractivity contribution in [3.63, 3.8) is 0 Å². The molecule has 1 aliphatic rings. The number of aliphatic hydroxyl groups excluding tert-OH is 6. The van der Waals surface area contributed by atoms with Crippen molar-refractivity contribution in [3.8, 4) is 0 Å². The Hall–Kier alpha value is -6.20. The molecule has 79 heavy (non-hydrogen) atoms. The SMILES string of the molecule is C=CC(=O)OCC(O)COC(=O)C1CCCCC1C(=O)OCC(O)COC(=O)C=C.C=CC(=O)OCC(O)COCC(C)OCC(O)COC(=O)C=C.C=CC(=O)OCC(O)COCCCCCCOCC(O)COC(=O)C=C. The van der Waals surface area contributed by atoms with Crippen molar-refractivity contribution in [2.45, 2.75) is 101 Å². The second-order valence-electron chi connectivity index (χ2n) is 16.9. The zero-order chi connectivity index (χ0) is 59.8. The van der Waals surface area contributed by atoms with Crippen LogP contribution in [-0.4, -0.2) is 220 Å². The molecule has 0 aromatic heterocycles. The summed E-state index contributed by atoms with van der Waals surface area (Å²) in [6.45, 7) is 20.4. The number of carbonyl (C=O) groups is 8. The van der Waals surface area contributed by atoms with E-state index in [1.54, 1.807) is 6.92 Å². The first-order valence-electron chi connectivity index (χ1n) is 25.2. The van der Waals surface area contributed by atoms with E-state index in [4.69, 9.17) is 28.4 Å². The molecule has 0 aromatic carbocycles. The van der Waals surface area contributed by atoms with Gasteiger partial charge in [0, 0.05) is 49.7 Å². The molecule has 0 spiro atoms. The third-order valence-electron chi connectivity index (χ3n) is 9.90. The predicted molar refractivity (Wildman–Crippen MR) is 277 cm³/mol. The van der Waals surface area contributed by atoms with Gasteiger partial charge in [-0.25, -0.2) is 28.8 Å². The Bertz CT molecular complexity index is 1730. The molecule has 26 nitrogen and oxygen atoms in total. The lowest BCUT2D eigenvalue weighted by Crippen LogP contribution is -2.37. The van der Waals surface area contributed by atoms with E-state index >= 15 is 0 Å². The van der Waals surface area contributed by atoms with Gasteiger partial charge < -0.3 is 87.5 Å². The van der Waals surface area contributed by atoms with E-state index in [0.29, 0.717) is 26.1 Å². The number of esters is 8. The van der Waals surface area contributed by atoms with Crippen molar-refractivity contribution < 1.29 is 126 Å². The molecule has 0 aliphatic heterocycles. The standard InChI is InChI=1S/C20H28O10.C18H30O8.C15H24O8/c1-3-17(23)27-9-13(21)11-29-19(25)15-7-5-6-8-16(15)20(26)30-12-14(22)10-28-18(24)4-2;1-3-17(21)25-13-15(19)11-23-9-7-5-6-8-10-24-12-16(20)14-26-18(22)4-2;1-4-14(18)22-9-12(16)7-20-6-11(3)21-8-13(17)10-23-15(19)5-2/h3-4,13-16,21-22H,1-2,5-12H2;3-4,15-16,19-20H,1-2,5-14H2;4-5,11-13,16-17H,1-2,6-10H2,3H3. The second kappa shape index (κ2) is 48.9. The van der Waals surface area contributed by atoms with E-state index in [1.807, 2.05) is 0 Å². The van der Waals surface area contributed by atoms with Crippen molar-refractivity contribution >= 4 is 47.8 Å². The molecular weight excluding hydrogens is 1050 g/mol. The molecule has 1 fully saturated rings. The van der Waals surface area contributed by atoms with Crippen LogP contribution in [0.15, 0.2) is 75.9 Å². The summed E-state index contributed by atoms with van der Waals surface area (Å²) in [6, 6.07) is 0. The maximum Gasteiger partial charge on any atom is 0.330 e. The van der Waals surface area contributed by atoms with E-state index < -0.39 is 109 Å². The first-order valence-corrected chi connectivity index (χ1v) is 25.2. The van der Waals surface area contributed by atoms with Crippen LogP contribution in [0.1, 0.15) is 58.3 Å². The lowest BCUT2D eigenvalue weighted by atomic mass is 9.79.